The van der Waals surface area contributed by atoms with Crippen LogP contribution in [0.2, 0.25) is 5.02 Å². The Labute approximate surface area is 205 Å². The summed E-state index contributed by atoms with van der Waals surface area (Å²) in [5.74, 6) is 0.611. The number of hydrogen-bond acceptors (Lipinski definition) is 3. The minimum Gasteiger partial charge on any atom is -0.367 e. The SMILES string of the molecule is CC1=NN(c2ccccc2)C(=O)[C@]12Cc1ccc(Cl)cc1N1CC[C@H](Cc3ccccc3)C[C@@H]12. The average Bonchev–Trinajstić information content (AvgIpc) is 3.11. The summed E-state index contributed by atoms with van der Waals surface area (Å²) in [5.41, 5.74) is 4.81. The van der Waals surface area contributed by atoms with Gasteiger partial charge in [-0.3, -0.25) is 4.79 Å². The normalized spacial score (nSPS) is 25.8. The Balaban J connectivity index is 1.41. The molecule has 1 spiro atoms. The number of carbonyl (C=O) groups excluding carboxylic acids is 1. The number of carbonyl (C=O) groups is 1. The number of halogens is 1. The van der Waals surface area contributed by atoms with Gasteiger partial charge in [0.15, 0.2) is 0 Å². The van der Waals surface area contributed by atoms with Crippen molar-refractivity contribution in [1.82, 2.24) is 0 Å². The van der Waals surface area contributed by atoms with E-state index in [2.05, 4.69) is 47.4 Å². The van der Waals surface area contributed by atoms with Crippen molar-refractivity contribution in [2.45, 2.75) is 38.6 Å². The van der Waals surface area contributed by atoms with Crippen LogP contribution in [0.5, 0.6) is 0 Å². The molecule has 3 aliphatic heterocycles. The Morgan fingerprint density at radius 3 is 2.53 bits per heavy atom. The van der Waals surface area contributed by atoms with E-state index in [9.17, 15) is 4.79 Å². The van der Waals surface area contributed by atoms with E-state index < -0.39 is 5.41 Å². The number of hydrogen-bond donors (Lipinski definition) is 0. The van der Waals surface area contributed by atoms with E-state index in [1.54, 1.807) is 5.01 Å². The number of fused-ring (bicyclic) bond motifs is 4. The maximum atomic E-state index is 14.2. The number of benzene rings is 3. The van der Waals surface area contributed by atoms with Crippen LogP contribution >= 0.6 is 11.6 Å². The molecule has 0 radical (unpaired) electrons. The first-order chi connectivity index (χ1) is 16.6. The lowest BCUT2D eigenvalue weighted by atomic mass is 9.64. The summed E-state index contributed by atoms with van der Waals surface area (Å²) in [6.07, 6.45) is 3.76. The van der Waals surface area contributed by atoms with Gasteiger partial charge in [-0.1, -0.05) is 66.2 Å². The lowest BCUT2D eigenvalue weighted by molar-refractivity contribution is -0.125. The molecule has 34 heavy (non-hydrogen) atoms. The van der Waals surface area contributed by atoms with Crippen LogP contribution in [0.4, 0.5) is 11.4 Å². The van der Waals surface area contributed by atoms with Gasteiger partial charge >= 0.3 is 0 Å². The van der Waals surface area contributed by atoms with Crippen molar-refractivity contribution in [3.05, 3.63) is 95.0 Å². The van der Waals surface area contributed by atoms with Crippen LogP contribution < -0.4 is 9.91 Å². The predicted molar refractivity (Wildman–Crippen MR) is 139 cm³/mol. The molecule has 3 aromatic rings. The van der Waals surface area contributed by atoms with E-state index in [0.717, 1.165) is 42.2 Å². The minimum absolute atomic E-state index is 0.0610. The predicted octanol–water partition coefficient (Wildman–Crippen LogP) is 6.13. The zero-order valence-corrected chi connectivity index (χ0v) is 20.1. The molecule has 0 N–H and O–H groups in total. The zero-order valence-electron chi connectivity index (χ0n) is 19.3. The summed E-state index contributed by atoms with van der Waals surface area (Å²) >= 11 is 6.43. The Kier molecular flexibility index (Phi) is 5.22. The maximum absolute atomic E-state index is 14.2. The van der Waals surface area contributed by atoms with Crippen LogP contribution in [-0.2, 0) is 17.6 Å². The van der Waals surface area contributed by atoms with Crippen LogP contribution in [0.1, 0.15) is 30.9 Å². The summed E-state index contributed by atoms with van der Waals surface area (Å²) in [6, 6.07) is 26.7. The van der Waals surface area contributed by atoms with Crippen molar-refractivity contribution in [3.63, 3.8) is 0 Å². The van der Waals surface area contributed by atoms with Gasteiger partial charge in [-0.25, -0.2) is 0 Å². The molecule has 3 aromatic carbocycles. The van der Waals surface area contributed by atoms with Gasteiger partial charge in [-0.05, 0) is 73.9 Å². The number of rotatable bonds is 3. The largest absolute Gasteiger partial charge is 0.367 e. The van der Waals surface area contributed by atoms with Crippen LogP contribution in [0, 0.1) is 11.3 Å². The Hall–Kier alpha value is -3.11. The fraction of sp³-hybridized carbons (Fsp3) is 0.310. The molecule has 3 aliphatic rings. The quantitative estimate of drug-likeness (QED) is 0.462. The van der Waals surface area contributed by atoms with Crippen molar-refractivity contribution < 1.29 is 4.79 Å². The molecule has 172 valence electrons. The van der Waals surface area contributed by atoms with Crippen LogP contribution in [-0.4, -0.2) is 24.2 Å². The average molecular weight is 470 g/mol. The van der Waals surface area contributed by atoms with Crippen LogP contribution in [0.3, 0.4) is 0 Å². The molecule has 0 bridgehead atoms. The molecule has 1 saturated heterocycles. The van der Waals surface area contributed by atoms with Crippen molar-refractivity contribution in [3.8, 4) is 0 Å². The molecule has 0 aliphatic carbocycles. The molecule has 0 saturated carbocycles. The van der Waals surface area contributed by atoms with Crippen molar-refractivity contribution in [2.75, 3.05) is 16.5 Å². The molecule has 1 amide bonds. The fourth-order valence-corrected chi connectivity index (χ4v) is 6.42. The van der Waals surface area contributed by atoms with Gasteiger partial charge in [-0.15, -0.1) is 0 Å². The molecule has 3 heterocycles. The molecule has 1 fully saturated rings. The fourth-order valence-electron chi connectivity index (χ4n) is 6.26. The van der Waals surface area contributed by atoms with E-state index in [-0.39, 0.29) is 11.9 Å². The Morgan fingerprint density at radius 2 is 1.76 bits per heavy atom. The van der Waals surface area contributed by atoms with Gasteiger partial charge < -0.3 is 4.90 Å². The van der Waals surface area contributed by atoms with Gasteiger partial charge in [0.1, 0.15) is 5.41 Å². The second-order valence-corrected chi connectivity index (χ2v) is 10.3. The highest BCUT2D eigenvalue weighted by molar-refractivity contribution is 6.31. The van der Waals surface area contributed by atoms with Gasteiger partial charge in [0.25, 0.3) is 5.91 Å². The van der Waals surface area contributed by atoms with Crippen molar-refractivity contribution in [2.24, 2.45) is 16.4 Å². The standard InChI is InChI=1S/C29H28ClN3O/c1-20-29(28(34)33(31-20)25-10-6-3-7-11-25)19-23-12-13-24(30)18-26(23)32-15-14-22(17-27(29)32)16-21-8-4-2-5-9-21/h2-13,18,22,27H,14-17,19H2,1H3/t22-,27-,29-/m1/s1. The highest BCUT2D eigenvalue weighted by atomic mass is 35.5. The maximum Gasteiger partial charge on any atom is 0.261 e. The summed E-state index contributed by atoms with van der Waals surface area (Å²) < 4.78 is 0. The van der Waals surface area contributed by atoms with E-state index in [4.69, 9.17) is 16.7 Å². The molecule has 5 heteroatoms. The second kappa shape index (κ2) is 8.28. The number of piperidine rings is 1. The lowest BCUT2D eigenvalue weighted by Gasteiger charge is -2.52. The summed E-state index contributed by atoms with van der Waals surface area (Å²) in [5, 5.41) is 7.23. The summed E-state index contributed by atoms with van der Waals surface area (Å²) in [6.45, 7) is 2.96. The monoisotopic (exact) mass is 469 g/mol. The number of nitrogens with zero attached hydrogens (tertiary/aromatic N) is 3. The molecular weight excluding hydrogens is 442 g/mol. The first kappa shape index (κ1) is 21.4. The third kappa shape index (κ3) is 3.35. The van der Waals surface area contributed by atoms with Crippen LogP contribution in [0.15, 0.2) is 84.0 Å². The van der Waals surface area contributed by atoms with Gasteiger partial charge in [0, 0.05) is 23.3 Å². The second-order valence-electron chi connectivity index (χ2n) is 9.85. The molecule has 0 unspecified atom stereocenters. The van der Waals surface area contributed by atoms with E-state index in [0.29, 0.717) is 12.3 Å². The number of anilines is 2. The van der Waals surface area contributed by atoms with Crippen molar-refractivity contribution in [1.29, 1.82) is 0 Å². The number of amides is 1. The van der Waals surface area contributed by atoms with E-state index in [1.807, 2.05) is 43.3 Å². The van der Waals surface area contributed by atoms with Gasteiger partial charge in [0.2, 0.25) is 0 Å². The Morgan fingerprint density at radius 1 is 1.03 bits per heavy atom. The minimum atomic E-state index is -0.661. The first-order valence-electron chi connectivity index (χ1n) is 12.1. The van der Waals surface area contributed by atoms with E-state index >= 15 is 0 Å². The molecule has 3 atom stereocenters. The molecule has 4 nitrogen and oxygen atoms in total. The van der Waals surface area contributed by atoms with Gasteiger partial charge in [0.05, 0.1) is 11.4 Å². The van der Waals surface area contributed by atoms with E-state index in [1.165, 1.54) is 16.8 Å². The Bertz CT molecular complexity index is 1260. The molecule has 6 rings (SSSR count). The first-order valence-corrected chi connectivity index (χ1v) is 12.5. The smallest absolute Gasteiger partial charge is 0.261 e. The molecule has 0 aromatic heterocycles. The number of para-hydroxylation sites is 1. The van der Waals surface area contributed by atoms with Crippen molar-refractivity contribution >= 4 is 34.6 Å². The third-order valence-corrected chi connectivity index (χ3v) is 8.18. The van der Waals surface area contributed by atoms with Gasteiger partial charge in [-0.2, -0.15) is 10.1 Å². The highest BCUT2D eigenvalue weighted by Crippen LogP contribution is 2.51. The third-order valence-electron chi connectivity index (χ3n) is 7.94. The lowest BCUT2D eigenvalue weighted by Crippen LogP contribution is -2.62. The molecular formula is C29H28ClN3O. The highest BCUT2D eigenvalue weighted by Gasteiger charge is 2.59. The topological polar surface area (TPSA) is 35.9 Å². The summed E-state index contributed by atoms with van der Waals surface area (Å²) in [4.78, 5) is 16.7. The van der Waals surface area contributed by atoms with Crippen LogP contribution in [0.25, 0.3) is 0 Å². The number of hydrazone groups is 1. The summed E-state index contributed by atoms with van der Waals surface area (Å²) in [7, 11) is 0. The zero-order chi connectivity index (χ0) is 23.3.